The first kappa shape index (κ1) is 16.1. The Morgan fingerprint density at radius 2 is 1.68 bits per heavy atom. The van der Waals surface area contributed by atoms with Gasteiger partial charge in [0.25, 0.3) is 0 Å². The van der Waals surface area contributed by atoms with Crippen LogP contribution in [0.5, 0.6) is 0 Å². The molecule has 3 heterocycles. The SMILES string of the molecule is Cc1cc(C)c(-c2cnc3cncc(N4CCC(O)CC4)n23)c(C)c1. The summed E-state index contributed by atoms with van der Waals surface area (Å²) in [4.78, 5) is 11.3. The summed E-state index contributed by atoms with van der Waals surface area (Å²) in [5, 5.41) is 9.82. The minimum atomic E-state index is -0.188. The third-order valence-corrected chi connectivity index (χ3v) is 5.12. The van der Waals surface area contributed by atoms with Crippen molar-refractivity contribution in [1.82, 2.24) is 14.4 Å². The van der Waals surface area contributed by atoms with E-state index in [1.54, 1.807) is 0 Å². The normalized spacial score (nSPS) is 15.9. The predicted octanol–water partition coefficient (Wildman–Crippen LogP) is 3.28. The largest absolute Gasteiger partial charge is 0.393 e. The van der Waals surface area contributed by atoms with E-state index in [9.17, 15) is 5.11 Å². The molecule has 1 aliphatic rings. The first-order valence-corrected chi connectivity index (χ1v) is 8.87. The summed E-state index contributed by atoms with van der Waals surface area (Å²) in [5.41, 5.74) is 7.00. The smallest absolute Gasteiger partial charge is 0.157 e. The van der Waals surface area contributed by atoms with Crippen LogP contribution < -0.4 is 4.90 Å². The molecule has 0 spiro atoms. The van der Waals surface area contributed by atoms with Gasteiger partial charge in [0, 0.05) is 18.7 Å². The summed E-state index contributed by atoms with van der Waals surface area (Å²) < 4.78 is 2.20. The van der Waals surface area contributed by atoms with Gasteiger partial charge in [-0.1, -0.05) is 17.7 Å². The molecule has 1 aromatic carbocycles. The van der Waals surface area contributed by atoms with Crippen molar-refractivity contribution in [2.45, 2.75) is 39.7 Å². The Morgan fingerprint density at radius 3 is 2.36 bits per heavy atom. The minimum Gasteiger partial charge on any atom is -0.393 e. The topological polar surface area (TPSA) is 53.7 Å². The number of nitrogens with zero attached hydrogens (tertiary/aromatic N) is 4. The maximum Gasteiger partial charge on any atom is 0.157 e. The van der Waals surface area contributed by atoms with Gasteiger partial charge in [-0.15, -0.1) is 0 Å². The third kappa shape index (κ3) is 2.78. The fraction of sp³-hybridized carbons (Fsp3) is 0.400. The molecule has 0 aliphatic carbocycles. The number of aliphatic hydroxyl groups excluding tert-OH is 1. The van der Waals surface area contributed by atoms with Crippen LogP contribution in [0.3, 0.4) is 0 Å². The molecule has 0 saturated carbocycles. The van der Waals surface area contributed by atoms with Crippen molar-refractivity contribution in [3.63, 3.8) is 0 Å². The maximum absolute atomic E-state index is 9.82. The van der Waals surface area contributed by atoms with Crippen LogP contribution in [-0.4, -0.2) is 38.7 Å². The third-order valence-electron chi connectivity index (χ3n) is 5.12. The van der Waals surface area contributed by atoms with E-state index < -0.39 is 0 Å². The molecule has 2 aromatic heterocycles. The van der Waals surface area contributed by atoms with Gasteiger partial charge in [0.05, 0.1) is 30.4 Å². The van der Waals surface area contributed by atoms with Gasteiger partial charge < -0.3 is 10.0 Å². The molecular formula is C20H24N4O. The summed E-state index contributed by atoms with van der Waals surface area (Å²) in [6, 6.07) is 4.44. The molecule has 5 nitrogen and oxygen atoms in total. The average molecular weight is 336 g/mol. The van der Waals surface area contributed by atoms with E-state index in [0.29, 0.717) is 0 Å². The second-order valence-corrected chi connectivity index (χ2v) is 7.09. The number of rotatable bonds is 2. The van der Waals surface area contributed by atoms with E-state index in [1.165, 1.54) is 22.3 Å². The summed E-state index contributed by atoms with van der Waals surface area (Å²) in [6.45, 7) is 8.13. The number of anilines is 1. The molecule has 130 valence electrons. The van der Waals surface area contributed by atoms with E-state index in [1.807, 2.05) is 18.6 Å². The van der Waals surface area contributed by atoms with Gasteiger partial charge in [0.15, 0.2) is 5.65 Å². The Balaban J connectivity index is 1.89. The number of hydrogen-bond acceptors (Lipinski definition) is 4. The summed E-state index contributed by atoms with van der Waals surface area (Å²) in [6.07, 6.45) is 7.07. The predicted molar refractivity (Wildman–Crippen MR) is 100 cm³/mol. The van der Waals surface area contributed by atoms with E-state index in [2.05, 4.69) is 52.2 Å². The quantitative estimate of drug-likeness (QED) is 0.780. The highest BCUT2D eigenvalue weighted by atomic mass is 16.3. The fourth-order valence-corrected chi connectivity index (χ4v) is 4.00. The van der Waals surface area contributed by atoms with Gasteiger partial charge in [0.2, 0.25) is 0 Å². The molecule has 1 fully saturated rings. The van der Waals surface area contributed by atoms with Crippen LogP contribution in [0.4, 0.5) is 5.82 Å². The van der Waals surface area contributed by atoms with Gasteiger partial charge in [-0.3, -0.25) is 9.38 Å². The summed E-state index contributed by atoms with van der Waals surface area (Å²) in [5.74, 6) is 1.05. The molecule has 3 aromatic rings. The molecule has 4 rings (SSSR count). The molecule has 0 radical (unpaired) electrons. The number of aryl methyl sites for hydroxylation is 3. The first-order chi connectivity index (χ1) is 12.0. The lowest BCUT2D eigenvalue weighted by molar-refractivity contribution is 0.145. The summed E-state index contributed by atoms with van der Waals surface area (Å²) in [7, 11) is 0. The molecule has 0 bridgehead atoms. The Labute approximate surface area is 148 Å². The molecule has 1 aliphatic heterocycles. The number of aromatic nitrogens is 3. The maximum atomic E-state index is 9.82. The van der Waals surface area contributed by atoms with Crippen LogP contribution in [0.25, 0.3) is 16.9 Å². The Bertz CT molecular complexity index is 900. The Morgan fingerprint density at radius 1 is 1.00 bits per heavy atom. The van der Waals surface area contributed by atoms with Crippen LogP contribution in [0.1, 0.15) is 29.5 Å². The highest BCUT2D eigenvalue weighted by molar-refractivity contribution is 5.73. The minimum absolute atomic E-state index is 0.188. The number of fused-ring (bicyclic) bond motifs is 1. The van der Waals surface area contributed by atoms with Gasteiger partial charge in [-0.05, 0) is 44.7 Å². The number of hydrogen-bond donors (Lipinski definition) is 1. The molecule has 25 heavy (non-hydrogen) atoms. The van der Waals surface area contributed by atoms with Crippen molar-refractivity contribution in [1.29, 1.82) is 0 Å². The zero-order valence-electron chi connectivity index (χ0n) is 15.0. The lowest BCUT2D eigenvalue weighted by Gasteiger charge is -2.31. The highest BCUT2D eigenvalue weighted by Crippen LogP contribution is 2.32. The van der Waals surface area contributed by atoms with Crippen molar-refractivity contribution in [3.8, 4) is 11.3 Å². The number of aliphatic hydroxyl groups is 1. The van der Waals surface area contributed by atoms with E-state index in [0.717, 1.165) is 43.1 Å². The molecule has 5 heteroatoms. The van der Waals surface area contributed by atoms with Crippen molar-refractivity contribution in [2.75, 3.05) is 18.0 Å². The Hall–Kier alpha value is -2.40. The van der Waals surface area contributed by atoms with Crippen LogP contribution >= 0.6 is 0 Å². The van der Waals surface area contributed by atoms with Crippen LogP contribution in [0.2, 0.25) is 0 Å². The average Bonchev–Trinajstić information content (AvgIpc) is 2.99. The molecule has 0 amide bonds. The van der Waals surface area contributed by atoms with E-state index in [-0.39, 0.29) is 6.10 Å². The second-order valence-electron chi connectivity index (χ2n) is 7.09. The van der Waals surface area contributed by atoms with Crippen molar-refractivity contribution < 1.29 is 5.11 Å². The number of imidazole rings is 1. The van der Waals surface area contributed by atoms with Crippen LogP contribution in [-0.2, 0) is 0 Å². The van der Waals surface area contributed by atoms with Gasteiger partial charge in [-0.25, -0.2) is 4.98 Å². The molecule has 1 saturated heterocycles. The second kappa shape index (κ2) is 6.15. The first-order valence-electron chi connectivity index (χ1n) is 8.87. The highest BCUT2D eigenvalue weighted by Gasteiger charge is 2.21. The lowest BCUT2D eigenvalue weighted by Crippen LogP contribution is -2.37. The molecule has 1 N–H and O–H groups in total. The molecule has 0 unspecified atom stereocenters. The van der Waals surface area contributed by atoms with Gasteiger partial charge in [0.1, 0.15) is 5.82 Å². The monoisotopic (exact) mass is 336 g/mol. The van der Waals surface area contributed by atoms with Crippen molar-refractivity contribution in [3.05, 3.63) is 47.4 Å². The van der Waals surface area contributed by atoms with E-state index in [4.69, 9.17) is 0 Å². The fourth-order valence-electron chi connectivity index (χ4n) is 4.00. The van der Waals surface area contributed by atoms with Crippen LogP contribution in [0, 0.1) is 20.8 Å². The Kier molecular flexibility index (Phi) is 3.96. The van der Waals surface area contributed by atoms with Gasteiger partial charge >= 0.3 is 0 Å². The summed E-state index contributed by atoms with van der Waals surface area (Å²) >= 11 is 0. The van der Waals surface area contributed by atoms with Crippen molar-refractivity contribution >= 4 is 11.5 Å². The zero-order valence-corrected chi connectivity index (χ0v) is 15.0. The lowest BCUT2D eigenvalue weighted by atomic mass is 9.97. The standard InChI is InChI=1S/C20H24N4O/c1-13-8-14(2)20(15(3)9-13)17-10-22-18-11-21-12-19(24(17)18)23-6-4-16(25)5-7-23/h8-12,16,25H,4-7H2,1-3H3. The van der Waals surface area contributed by atoms with Crippen LogP contribution in [0.15, 0.2) is 30.7 Å². The molecule has 0 atom stereocenters. The number of benzene rings is 1. The van der Waals surface area contributed by atoms with Gasteiger partial charge in [-0.2, -0.15) is 0 Å². The number of piperidine rings is 1. The zero-order chi connectivity index (χ0) is 17.6. The molecular weight excluding hydrogens is 312 g/mol. The van der Waals surface area contributed by atoms with E-state index >= 15 is 0 Å². The van der Waals surface area contributed by atoms with Crippen molar-refractivity contribution in [2.24, 2.45) is 0 Å².